The fraction of sp³-hybridized carbons (Fsp3) is 0.342. The molecule has 0 spiro atoms. The Hall–Kier alpha value is -6.78. The molecule has 0 N–H and O–H groups in total. The summed E-state index contributed by atoms with van der Waals surface area (Å²) in [5.41, 5.74) is 28.7. The zero-order chi connectivity index (χ0) is 54.5. The zero-order valence-electron chi connectivity index (χ0n) is 49.1. The van der Waals surface area contributed by atoms with Crippen LogP contribution in [0.1, 0.15) is 161 Å². The average molecular weight is 1010 g/mol. The first-order valence-corrected chi connectivity index (χ1v) is 28.6. The number of benzene rings is 8. The fourth-order valence-electron chi connectivity index (χ4n) is 14.4. The zero-order valence-corrected chi connectivity index (χ0v) is 49.1. The highest BCUT2D eigenvalue weighted by molar-refractivity contribution is 7.00. The minimum absolute atomic E-state index is 0.000319. The molecule has 77 heavy (non-hydrogen) atoms. The molecule has 390 valence electrons. The lowest BCUT2D eigenvalue weighted by atomic mass is 9.33. The van der Waals surface area contributed by atoms with Crippen molar-refractivity contribution in [2.24, 2.45) is 0 Å². The van der Waals surface area contributed by atoms with Crippen molar-refractivity contribution in [3.05, 3.63) is 202 Å². The van der Waals surface area contributed by atoms with E-state index in [-0.39, 0.29) is 39.2 Å². The smallest absolute Gasteiger partial charge is 0.252 e. The predicted molar refractivity (Wildman–Crippen MR) is 333 cm³/mol. The molecule has 3 nitrogen and oxygen atoms in total. The van der Waals surface area contributed by atoms with Crippen LogP contribution in [0.2, 0.25) is 0 Å². The largest absolute Gasteiger partial charge is 0.311 e. The topological polar surface area (TPSA) is 9.72 Å². The predicted octanol–water partition coefficient (Wildman–Crippen LogP) is 18.4. The molecule has 4 aliphatic rings. The second-order valence-electron chi connectivity index (χ2n) is 28.2. The van der Waals surface area contributed by atoms with Crippen molar-refractivity contribution in [3.8, 4) is 11.1 Å². The van der Waals surface area contributed by atoms with Crippen molar-refractivity contribution >= 4 is 74.3 Å². The molecule has 0 saturated carbocycles. The Kier molecular flexibility index (Phi) is 11.5. The Morgan fingerprint density at radius 1 is 0.416 bits per heavy atom. The van der Waals surface area contributed by atoms with Crippen molar-refractivity contribution in [1.29, 1.82) is 0 Å². The first-order valence-electron chi connectivity index (χ1n) is 28.6. The van der Waals surface area contributed by atoms with Crippen LogP contribution >= 0.6 is 0 Å². The standard InChI is InChI=1S/C73H80BN3/c1-46-37-65-67-66(38-46)77(62-33-29-50(69(6,7)8)41-54(62)48-27-31-55-56(40-48)73(15,16)45-72(55,13)14)64-44-58-57(70(9,10)35-36-71(58,11)12)43-60(64)74(67)59-42-53(75(51-23-19-17-20-24-51)52-25-21-18-22-26-52)30-34-63(59)76(65)61-32-28-49(39-47(61)2)68(3,4)5/h17-34,37-44H,35-36,45H2,1-16H3. The maximum atomic E-state index is 2.72. The van der Waals surface area contributed by atoms with Gasteiger partial charge in [0.2, 0.25) is 0 Å². The number of para-hydroxylation sites is 2. The van der Waals surface area contributed by atoms with Crippen molar-refractivity contribution < 1.29 is 0 Å². The van der Waals surface area contributed by atoms with E-state index in [0.29, 0.717) is 0 Å². The molecule has 0 aromatic heterocycles. The Bertz CT molecular complexity index is 3630. The Labute approximate surface area is 462 Å². The molecule has 12 rings (SSSR count). The SMILES string of the molecule is Cc1cc2c3c(c1)N(c1ccc(C(C)(C)C)cc1-c1ccc4c(c1)C(C)(C)CC4(C)C)c1cc4c(cc1B3c1cc(N(c3ccccc3)c3ccccc3)ccc1N2c1ccc(C(C)(C)C)cc1C)C(C)(C)CCC4(C)C. The van der Waals surface area contributed by atoms with Gasteiger partial charge in [-0.3, -0.25) is 0 Å². The van der Waals surface area contributed by atoms with Crippen LogP contribution in [0.25, 0.3) is 11.1 Å². The fourth-order valence-corrected chi connectivity index (χ4v) is 14.4. The van der Waals surface area contributed by atoms with E-state index >= 15 is 0 Å². The molecule has 8 aromatic rings. The van der Waals surface area contributed by atoms with Gasteiger partial charge in [0.1, 0.15) is 0 Å². The van der Waals surface area contributed by atoms with E-state index in [1.165, 1.54) is 106 Å². The van der Waals surface area contributed by atoms with E-state index in [1.807, 2.05) is 0 Å². The van der Waals surface area contributed by atoms with E-state index in [9.17, 15) is 0 Å². The molecule has 2 heterocycles. The molecule has 4 heteroatoms. The van der Waals surface area contributed by atoms with Gasteiger partial charge in [-0.1, -0.05) is 176 Å². The second kappa shape index (κ2) is 17.4. The third-order valence-electron chi connectivity index (χ3n) is 18.5. The van der Waals surface area contributed by atoms with Gasteiger partial charge in [-0.25, -0.2) is 0 Å². The molecule has 2 aliphatic carbocycles. The van der Waals surface area contributed by atoms with E-state index in [0.717, 1.165) is 36.3 Å². The Morgan fingerprint density at radius 2 is 0.922 bits per heavy atom. The van der Waals surface area contributed by atoms with Gasteiger partial charge in [0, 0.05) is 51.1 Å². The Balaban J connectivity index is 1.20. The molecule has 0 fully saturated rings. The van der Waals surface area contributed by atoms with Gasteiger partial charge in [-0.2, -0.15) is 0 Å². The Morgan fingerprint density at radius 3 is 1.51 bits per heavy atom. The number of hydrogen-bond acceptors (Lipinski definition) is 3. The quantitative estimate of drug-likeness (QED) is 0.154. The summed E-state index contributed by atoms with van der Waals surface area (Å²) in [5, 5.41) is 0. The van der Waals surface area contributed by atoms with E-state index in [2.05, 4.69) is 283 Å². The third kappa shape index (κ3) is 8.29. The molecule has 8 aromatic carbocycles. The first kappa shape index (κ1) is 51.0. The van der Waals surface area contributed by atoms with E-state index in [1.54, 1.807) is 0 Å². The van der Waals surface area contributed by atoms with Gasteiger partial charge in [0.15, 0.2) is 0 Å². The molecule has 2 aliphatic heterocycles. The summed E-state index contributed by atoms with van der Waals surface area (Å²) in [6, 6.07) is 61.7. The number of rotatable bonds is 6. The second-order valence-corrected chi connectivity index (χ2v) is 28.2. The molecule has 0 atom stereocenters. The van der Waals surface area contributed by atoms with Crippen LogP contribution in [0.5, 0.6) is 0 Å². The molecular formula is C73H80BN3. The normalized spacial score (nSPS) is 17.3. The highest BCUT2D eigenvalue weighted by Gasteiger charge is 2.48. The monoisotopic (exact) mass is 1010 g/mol. The van der Waals surface area contributed by atoms with Crippen LogP contribution in [-0.4, -0.2) is 6.71 Å². The highest BCUT2D eigenvalue weighted by Crippen LogP contribution is 2.55. The summed E-state index contributed by atoms with van der Waals surface area (Å²) in [6.07, 6.45) is 3.42. The maximum Gasteiger partial charge on any atom is 0.252 e. The third-order valence-corrected chi connectivity index (χ3v) is 18.5. The lowest BCUT2D eigenvalue weighted by molar-refractivity contribution is 0.332. The van der Waals surface area contributed by atoms with Crippen LogP contribution in [-0.2, 0) is 32.5 Å². The van der Waals surface area contributed by atoms with E-state index < -0.39 is 0 Å². The summed E-state index contributed by atoms with van der Waals surface area (Å²) < 4.78 is 0. The first-order chi connectivity index (χ1) is 36.2. The molecular weight excluding hydrogens is 930 g/mol. The van der Waals surface area contributed by atoms with Gasteiger partial charge < -0.3 is 14.7 Å². The van der Waals surface area contributed by atoms with Gasteiger partial charge in [-0.15, -0.1) is 0 Å². The number of fused-ring (bicyclic) bond motifs is 6. The number of aryl methyl sites for hydroxylation is 2. The summed E-state index contributed by atoms with van der Waals surface area (Å²) in [5.74, 6) is 0. The lowest BCUT2D eigenvalue weighted by Gasteiger charge is -2.48. The van der Waals surface area contributed by atoms with Crippen LogP contribution in [0.15, 0.2) is 158 Å². The highest BCUT2D eigenvalue weighted by atomic mass is 15.2. The van der Waals surface area contributed by atoms with Gasteiger partial charge in [0.25, 0.3) is 6.71 Å². The van der Waals surface area contributed by atoms with Crippen molar-refractivity contribution in [1.82, 2.24) is 0 Å². The number of anilines is 9. The molecule has 0 radical (unpaired) electrons. The number of nitrogens with zero attached hydrogens (tertiary/aromatic N) is 3. The van der Waals surface area contributed by atoms with Gasteiger partial charge >= 0.3 is 0 Å². The van der Waals surface area contributed by atoms with Gasteiger partial charge in [0.05, 0.1) is 5.69 Å². The average Bonchev–Trinajstić information content (AvgIpc) is 3.80. The number of hydrogen-bond donors (Lipinski definition) is 0. The summed E-state index contributed by atoms with van der Waals surface area (Å²) in [4.78, 5) is 7.79. The maximum absolute atomic E-state index is 2.72. The molecule has 0 amide bonds. The van der Waals surface area contributed by atoms with Crippen molar-refractivity contribution in [2.45, 2.75) is 163 Å². The van der Waals surface area contributed by atoms with Crippen LogP contribution in [0.3, 0.4) is 0 Å². The van der Waals surface area contributed by atoms with Crippen LogP contribution in [0, 0.1) is 13.8 Å². The summed E-state index contributed by atoms with van der Waals surface area (Å²) in [6.45, 7) is 38.4. The van der Waals surface area contributed by atoms with Gasteiger partial charge in [-0.05, 0) is 211 Å². The summed E-state index contributed by atoms with van der Waals surface area (Å²) in [7, 11) is 0. The van der Waals surface area contributed by atoms with Crippen molar-refractivity contribution in [3.63, 3.8) is 0 Å². The molecule has 0 bridgehead atoms. The lowest BCUT2D eigenvalue weighted by Crippen LogP contribution is -2.62. The molecule has 0 unspecified atom stereocenters. The minimum atomic E-state index is -0.0629. The summed E-state index contributed by atoms with van der Waals surface area (Å²) >= 11 is 0. The minimum Gasteiger partial charge on any atom is -0.311 e. The van der Waals surface area contributed by atoms with E-state index in [4.69, 9.17) is 0 Å². The van der Waals surface area contributed by atoms with Crippen LogP contribution in [0.4, 0.5) is 51.2 Å². The van der Waals surface area contributed by atoms with Crippen LogP contribution < -0.4 is 31.1 Å². The molecule has 0 saturated heterocycles. The van der Waals surface area contributed by atoms with Crippen molar-refractivity contribution in [2.75, 3.05) is 14.7 Å².